The second-order valence-electron chi connectivity index (χ2n) is 4.32. The summed E-state index contributed by atoms with van der Waals surface area (Å²) in [5.41, 5.74) is 0.0226. The molecule has 0 unspecified atom stereocenters. The number of aromatic nitrogens is 4. The van der Waals surface area contributed by atoms with Crippen molar-refractivity contribution in [1.82, 2.24) is 19.4 Å². The Labute approximate surface area is 111 Å². The third kappa shape index (κ3) is 2.11. The predicted molar refractivity (Wildman–Crippen MR) is 66.0 cm³/mol. The number of alkyl halides is 3. The van der Waals surface area contributed by atoms with E-state index in [2.05, 4.69) is 15.0 Å². The van der Waals surface area contributed by atoms with Gasteiger partial charge in [0.1, 0.15) is 11.5 Å². The van der Waals surface area contributed by atoms with Gasteiger partial charge < -0.3 is 4.40 Å². The molecule has 0 bridgehead atoms. The highest BCUT2D eigenvalue weighted by Gasteiger charge is 2.34. The topological polar surface area (TPSA) is 43.1 Å². The molecule has 7 heteroatoms. The first kappa shape index (κ1) is 12.6. The molecule has 0 N–H and O–H groups in total. The van der Waals surface area contributed by atoms with E-state index >= 15 is 0 Å². The van der Waals surface area contributed by atoms with Gasteiger partial charge in [-0.25, -0.2) is 15.0 Å². The molecule has 3 aromatic heterocycles. The summed E-state index contributed by atoms with van der Waals surface area (Å²) in [6, 6.07) is 1.07. The van der Waals surface area contributed by atoms with Crippen molar-refractivity contribution < 1.29 is 13.2 Å². The van der Waals surface area contributed by atoms with Gasteiger partial charge in [0.15, 0.2) is 0 Å². The minimum atomic E-state index is -4.46. The molecule has 0 aliphatic carbocycles. The molecule has 0 aliphatic heterocycles. The lowest BCUT2D eigenvalue weighted by Gasteiger charge is -2.11. The highest BCUT2D eigenvalue weighted by atomic mass is 19.4. The molecule has 0 aliphatic rings. The molecule has 3 aromatic rings. The van der Waals surface area contributed by atoms with Crippen LogP contribution in [-0.2, 0) is 6.18 Å². The molecule has 3 heterocycles. The van der Waals surface area contributed by atoms with Crippen molar-refractivity contribution in [3.63, 3.8) is 0 Å². The number of nitrogens with zero attached hydrogens (tertiary/aromatic N) is 4. The quantitative estimate of drug-likeness (QED) is 0.687. The van der Waals surface area contributed by atoms with Crippen LogP contribution in [-0.4, -0.2) is 19.4 Å². The van der Waals surface area contributed by atoms with Crippen molar-refractivity contribution >= 4 is 5.65 Å². The second kappa shape index (κ2) is 4.29. The number of halogens is 3. The molecule has 0 saturated heterocycles. The highest BCUT2D eigenvalue weighted by molar-refractivity contribution is 5.66. The molecule has 0 spiro atoms. The van der Waals surface area contributed by atoms with Gasteiger partial charge in [0.05, 0.1) is 5.56 Å². The average molecular weight is 278 g/mol. The summed E-state index contributed by atoms with van der Waals surface area (Å²) in [5, 5.41) is 0. The van der Waals surface area contributed by atoms with Crippen LogP contribution in [0.1, 0.15) is 11.4 Å². The maximum absolute atomic E-state index is 13.1. The zero-order valence-corrected chi connectivity index (χ0v) is 10.4. The van der Waals surface area contributed by atoms with Crippen molar-refractivity contribution in [3.05, 3.63) is 48.4 Å². The largest absolute Gasteiger partial charge is 0.420 e. The number of fused-ring (bicyclic) bond motifs is 1. The van der Waals surface area contributed by atoms with Crippen LogP contribution in [0.3, 0.4) is 0 Å². The Morgan fingerprint density at radius 2 is 1.75 bits per heavy atom. The second-order valence-corrected chi connectivity index (χ2v) is 4.32. The minimum absolute atomic E-state index is 0.116. The first-order valence-electron chi connectivity index (χ1n) is 5.78. The normalized spacial score (nSPS) is 12.0. The third-order valence-electron chi connectivity index (χ3n) is 2.91. The summed E-state index contributed by atoms with van der Waals surface area (Å²) in [7, 11) is 0. The molecular formula is C13H9F3N4. The molecule has 0 saturated carbocycles. The fraction of sp³-hybridized carbons (Fsp3) is 0.154. The number of imidazole rings is 1. The summed E-state index contributed by atoms with van der Waals surface area (Å²) < 4.78 is 40.6. The monoisotopic (exact) mass is 278 g/mol. The van der Waals surface area contributed by atoms with E-state index in [1.165, 1.54) is 29.2 Å². The average Bonchev–Trinajstić information content (AvgIpc) is 2.85. The summed E-state index contributed by atoms with van der Waals surface area (Å²) in [6.07, 6.45) is 2.92. The highest BCUT2D eigenvalue weighted by Crippen LogP contribution is 2.34. The zero-order chi connectivity index (χ0) is 14.3. The van der Waals surface area contributed by atoms with Crippen LogP contribution in [0.15, 0.2) is 37.1 Å². The first-order valence-corrected chi connectivity index (χ1v) is 5.78. The number of pyridine rings is 1. The Kier molecular flexibility index (Phi) is 2.70. The maximum atomic E-state index is 13.1. The van der Waals surface area contributed by atoms with Gasteiger partial charge in [0, 0.05) is 42.1 Å². The zero-order valence-electron chi connectivity index (χ0n) is 10.4. The lowest BCUT2D eigenvalue weighted by Crippen LogP contribution is -2.08. The Hall–Kier alpha value is -2.44. The predicted octanol–water partition coefficient (Wildman–Crippen LogP) is 3.12. The van der Waals surface area contributed by atoms with Crippen molar-refractivity contribution in [2.24, 2.45) is 0 Å². The Morgan fingerprint density at radius 3 is 2.40 bits per heavy atom. The van der Waals surface area contributed by atoms with Crippen molar-refractivity contribution in [3.8, 4) is 11.1 Å². The minimum Gasteiger partial charge on any atom is -0.306 e. The van der Waals surface area contributed by atoms with Crippen LogP contribution in [0.25, 0.3) is 16.8 Å². The Bertz CT molecular complexity index is 759. The van der Waals surface area contributed by atoms with Gasteiger partial charge in [-0.3, -0.25) is 0 Å². The molecule has 0 radical (unpaired) electrons. The van der Waals surface area contributed by atoms with Crippen molar-refractivity contribution in [2.75, 3.05) is 0 Å². The van der Waals surface area contributed by atoms with E-state index in [4.69, 9.17) is 0 Å². The van der Waals surface area contributed by atoms with Gasteiger partial charge in [0.2, 0.25) is 0 Å². The van der Waals surface area contributed by atoms with E-state index in [0.29, 0.717) is 17.0 Å². The van der Waals surface area contributed by atoms with E-state index in [-0.39, 0.29) is 5.65 Å². The van der Waals surface area contributed by atoms with Gasteiger partial charge in [-0.1, -0.05) is 0 Å². The van der Waals surface area contributed by atoms with Crippen LogP contribution < -0.4 is 0 Å². The van der Waals surface area contributed by atoms with E-state index in [0.717, 1.165) is 6.07 Å². The fourth-order valence-electron chi connectivity index (χ4n) is 1.94. The molecule has 102 valence electrons. The van der Waals surface area contributed by atoms with Crippen LogP contribution in [0, 0.1) is 6.92 Å². The molecule has 20 heavy (non-hydrogen) atoms. The lowest BCUT2D eigenvalue weighted by atomic mass is 10.1. The SMILES string of the molecule is Cc1ncc(-c2cc(C(F)(F)F)c3nccn3c2)cn1. The molecular weight excluding hydrogens is 269 g/mol. The molecule has 0 amide bonds. The fourth-order valence-corrected chi connectivity index (χ4v) is 1.94. The van der Waals surface area contributed by atoms with Gasteiger partial charge in [-0.2, -0.15) is 13.2 Å². The van der Waals surface area contributed by atoms with Crippen LogP contribution in [0.4, 0.5) is 13.2 Å². The number of aryl methyl sites for hydroxylation is 1. The van der Waals surface area contributed by atoms with Crippen LogP contribution in [0.5, 0.6) is 0 Å². The van der Waals surface area contributed by atoms with Gasteiger partial charge in [-0.05, 0) is 13.0 Å². The Morgan fingerprint density at radius 1 is 1.05 bits per heavy atom. The van der Waals surface area contributed by atoms with E-state index in [9.17, 15) is 13.2 Å². The molecule has 0 aromatic carbocycles. The van der Waals surface area contributed by atoms with Crippen molar-refractivity contribution in [2.45, 2.75) is 13.1 Å². The third-order valence-corrected chi connectivity index (χ3v) is 2.91. The summed E-state index contributed by atoms with van der Waals surface area (Å²) >= 11 is 0. The van der Waals surface area contributed by atoms with Gasteiger partial charge in [-0.15, -0.1) is 0 Å². The van der Waals surface area contributed by atoms with E-state index in [1.807, 2.05) is 0 Å². The summed E-state index contributed by atoms with van der Waals surface area (Å²) in [5.74, 6) is 0.563. The molecule has 3 rings (SSSR count). The summed E-state index contributed by atoms with van der Waals surface area (Å²) in [6.45, 7) is 1.71. The van der Waals surface area contributed by atoms with Crippen LogP contribution >= 0.6 is 0 Å². The number of rotatable bonds is 1. The molecule has 0 atom stereocenters. The molecule has 4 nitrogen and oxygen atoms in total. The number of hydrogen-bond donors (Lipinski definition) is 0. The van der Waals surface area contributed by atoms with Gasteiger partial charge in [0.25, 0.3) is 0 Å². The van der Waals surface area contributed by atoms with Crippen LogP contribution in [0.2, 0.25) is 0 Å². The van der Waals surface area contributed by atoms with E-state index < -0.39 is 11.7 Å². The van der Waals surface area contributed by atoms with Crippen molar-refractivity contribution in [1.29, 1.82) is 0 Å². The summed E-state index contributed by atoms with van der Waals surface area (Å²) in [4.78, 5) is 11.7. The van der Waals surface area contributed by atoms with E-state index in [1.54, 1.807) is 13.1 Å². The lowest BCUT2D eigenvalue weighted by molar-refractivity contribution is -0.136. The Balaban J connectivity index is 2.24. The standard InChI is InChI=1S/C13H9F3N4/c1-8-18-5-10(6-19-8)9-4-11(13(14,15)16)12-17-2-3-20(12)7-9/h2-7H,1H3. The number of hydrogen-bond acceptors (Lipinski definition) is 3. The molecule has 0 fully saturated rings. The first-order chi connectivity index (χ1) is 9.45. The van der Waals surface area contributed by atoms with Gasteiger partial charge >= 0.3 is 6.18 Å². The smallest absolute Gasteiger partial charge is 0.306 e. The maximum Gasteiger partial charge on any atom is 0.420 e.